The number of isocyanates is 2. The second-order valence-corrected chi connectivity index (χ2v) is 4.34. The number of para-hydroxylation sites is 1. The minimum Gasteiger partial charge on any atom is -0.211 e. The van der Waals surface area contributed by atoms with Crippen LogP contribution in [0.3, 0.4) is 0 Å². The molecule has 0 aromatic heterocycles. The Morgan fingerprint density at radius 3 is 2.25 bits per heavy atom. The van der Waals surface area contributed by atoms with E-state index in [1.54, 1.807) is 30.4 Å². The van der Waals surface area contributed by atoms with Gasteiger partial charge in [0.1, 0.15) is 0 Å². The lowest BCUT2D eigenvalue weighted by Crippen LogP contribution is -1.91. The van der Waals surface area contributed by atoms with Crippen molar-refractivity contribution in [3.05, 3.63) is 59.2 Å². The van der Waals surface area contributed by atoms with Crippen LogP contribution in [0.1, 0.15) is 16.7 Å². The molecule has 4 nitrogen and oxygen atoms in total. The summed E-state index contributed by atoms with van der Waals surface area (Å²) >= 11 is 0. The van der Waals surface area contributed by atoms with E-state index in [9.17, 15) is 9.59 Å². The predicted octanol–water partition coefficient (Wildman–Crippen LogP) is 3.52. The van der Waals surface area contributed by atoms with Crippen LogP contribution in [0.15, 0.2) is 52.4 Å². The smallest absolute Gasteiger partial charge is 0.211 e. The van der Waals surface area contributed by atoms with Crippen LogP contribution in [-0.2, 0) is 16.0 Å². The van der Waals surface area contributed by atoms with Gasteiger partial charge in [0.05, 0.1) is 11.4 Å². The highest BCUT2D eigenvalue weighted by molar-refractivity contribution is 5.59. The Kier molecular flexibility index (Phi) is 4.35. The van der Waals surface area contributed by atoms with Gasteiger partial charge in [-0.3, -0.25) is 0 Å². The van der Waals surface area contributed by atoms with Gasteiger partial charge in [-0.15, -0.1) is 0 Å². The molecule has 0 spiro atoms. The van der Waals surface area contributed by atoms with Gasteiger partial charge in [-0.1, -0.05) is 35.9 Å². The number of aliphatic imine (C=N–C) groups is 2. The normalized spacial score (nSPS) is 9.45. The molecule has 0 aliphatic carbocycles. The number of hydrogen-bond donors (Lipinski definition) is 0. The van der Waals surface area contributed by atoms with Crippen LogP contribution in [-0.4, -0.2) is 12.2 Å². The molecule has 4 heteroatoms. The van der Waals surface area contributed by atoms with Gasteiger partial charge in [0.2, 0.25) is 12.2 Å². The Labute approximate surface area is 116 Å². The summed E-state index contributed by atoms with van der Waals surface area (Å²) in [5.41, 5.74) is 3.99. The van der Waals surface area contributed by atoms with Crippen LogP contribution in [0.2, 0.25) is 0 Å². The van der Waals surface area contributed by atoms with Crippen molar-refractivity contribution in [2.75, 3.05) is 0 Å². The highest BCUT2D eigenvalue weighted by atomic mass is 16.1. The molecule has 0 saturated carbocycles. The topological polar surface area (TPSA) is 58.9 Å². The number of benzene rings is 2. The Balaban J connectivity index is 2.46. The predicted molar refractivity (Wildman–Crippen MR) is 76.0 cm³/mol. The molecule has 0 saturated heterocycles. The van der Waals surface area contributed by atoms with Gasteiger partial charge in [0.15, 0.2) is 0 Å². The van der Waals surface area contributed by atoms with Crippen molar-refractivity contribution in [2.45, 2.75) is 13.3 Å². The van der Waals surface area contributed by atoms with E-state index in [0.29, 0.717) is 17.8 Å². The fraction of sp³-hybridized carbons (Fsp3) is 0.125. The molecule has 2 rings (SSSR count). The number of rotatable bonds is 4. The lowest BCUT2D eigenvalue weighted by atomic mass is 10.00. The zero-order valence-electron chi connectivity index (χ0n) is 11.0. The van der Waals surface area contributed by atoms with Crippen molar-refractivity contribution in [3.63, 3.8) is 0 Å². The summed E-state index contributed by atoms with van der Waals surface area (Å²) in [6, 6.07) is 12.9. The van der Waals surface area contributed by atoms with Crippen LogP contribution in [0.5, 0.6) is 0 Å². The molecule has 0 atom stereocenters. The summed E-state index contributed by atoms with van der Waals surface area (Å²) in [6.45, 7) is 1.97. The number of hydrogen-bond acceptors (Lipinski definition) is 4. The SMILES string of the molecule is Cc1ccc(N=C=O)c(Cc2ccccc2N=C=O)c1. The maximum atomic E-state index is 10.5. The largest absolute Gasteiger partial charge is 0.240 e. The quantitative estimate of drug-likeness (QED) is 0.626. The highest BCUT2D eigenvalue weighted by Gasteiger charge is 2.07. The third-order valence-electron chi connectivity index (χ3n) is 2.94. The molecule has 20 heavy (non-hydrogen) atoms. The van der Waals surface area contributed by atoms with E-state index in [2.05, 4.69) is 9.98 Å². The Hall–Kier alpha value is -2.80. The average Bonchev–Trinajstić information content (AvgIpc) is 2.44. The summed E-state index contributed by atoms with van der Waals surface area (Å²) in [4.78, 5) is 28.3. The molecule has 2 aromatic rings. The summed E-state index contributed by atoms with van der Waals surface area (Å²) in [5.74, 6) is 0. The van der Waals surface area contributed by atoms with Gasteiger partial charge in [-0.25, -0.2) is 9.59 Å². The molecule has 0 aliphatic heterocycles. The van der Waals surface area contributed by atoms with Crippen molar-refractivity contribution >= 4 is 23.5 Å². The molecule has 0 amide bonds. The second-order valence-electron chi connectivity index (χ2n) is 4.34. The summed E-state index contributed by atoms with van der Waals surface area (Å²) in [7, 11) is 0. The summed E-state index contributed by atoms with van der Waals surface area (Å²) in [5, 5.41) is 0. The van der Waals surface area contributed by atoms with Crippen LogP contribution in [0.4, 0.5) is 11.4 Å². The fourth-order valence-corrected chi connectivity index (χ4v) is 2.04. The zero-order chi connectivity index (χ0) is 14.4. The van der Waals surface area contributed by atoms with E-state index >= 15 is 0 Å². The van der Waals surface area contributed by atoms with Crippen LogP contribution < -0.4 is 0 Å². The van der Waals surface area contributed by atoms with Gasteiger partial charge >= 0.3 is 0 Å². The molecule has 0 heterocycles. The lowest BCUT2D eigenvalue weighted by molar-refractivity contribution is 0.564. The standard InChI is InChI=1S/C16H12N2O2/c1-12-6-7-16(18-11-20)14(8-12)9-13-4-2-3-5-15(13)17-10-19/h2-8H,9H2,1H3. The second kappa shape index (κ2) is 6.39. The molecule has 98 valence electrons. The van der Waals surface area contributed by atoms with E-state index in [1.807, 2.05) is 31.2 Å². The lowest BCUT2D eigenvalue weighted by Gasteiger charge is -2.08. The van der Waals surface area contributed by atoms with Gasteiger partial charge in [0.25, 0.3) is 0 Å². The van der Waals surface area contributed by atoms with E-state index in [4.69, 9.17) is 0 Å². The maximum Gasteiger partial charge on any atom is 0.240 e. The molecular weight excluding hydrogens is 252 g/mol. The molecule has 0 unspecified atom stereocenters. The third kappa shape index (κ3) is 3.15. The first-order valence-electron chi connectivity index (χ1n) is 6.08. The molecular formula is C16H12N2O2. The van der Waals surface area contributed by atoms with Crippen LogP contribution in [0, 0.1) is 6.92 Å². The van der Waals surface area contributed by atoms with E-state index < -0.39 is 0 Å². The van der Waals surface area contributed by atoms with Gasteiger partial charge < -0.3 is 0 Å². The van der Waals surface area contributed by atoms with Gasteiger partial charge in [-0.05, 0) is 30.2 Å². The first kappa shape index (κ1) is 13.6. The average molecular weight is 264 g/mol. The van der Waals surface area contributed by atoms with Crippen molar-refractivity contribution in [2.24, 2.45) is 9.98 Å². The van der Waals surface area contributed by atoms with Gasteiger partial charge in [-0.2, -0.15) is 9.98 Å². The first-order valence-corrected chi connectivity index (χ1v) is 6.08. The van der Waals surface area contributed by atoms with Gasteiger partial charge in [0, 0.05) is 6.42 Å². The monoisotopic (exact) mass is 264 g/mol. The minimum absolute atomic E-state index is 0.531. The zero-order valence-corrected chi connectivity index (χ0v) is 11.0. The minimum atomic E-state index is 0.531. The molecule has 0 bridgehead atoms. The Bertz CT molecular complexity index is 725. The number of carbonyl (C=O) groups excluding carboxylic acids is 2. The molecule has 0 aliphatic rings. The third-order valence-corrected chi connectivity index (χ3v) is 2.94. The fourth-order valence-electron chi connectivity index (χ4n) is 2.04. The molecule has 0 fully saturated rings. The van der Waals surface area contributed by atoms with Crippen molar-refractivity contribution < 1.29 is 9.59 Å². The number of nitrogens with zero attached hydrogens (tertiary/aromatic N) is 2. The first-order chi connectivity index (χ1) is 9.74. The molecule has 0 N–H and O–H groups in total. The van der Waals surface area contributed by atoms with E-state index in [1.165, 1.54) is 0 Å². The van der Waals surface area contributed by atoms with Crippen LogP contribution >= 0.6 is 0 Å². The van der Waals surface area contributed by atoms with E-state index in [0.717, 1.165) is 16.7 Å². The Morgan fingerprint density at radius 2 is 1.55 bits per heavy atom. The summed E-state index contributed by atoms with van der Waals surface area (Å²) in [6.07, 6.45) is 3.64. The highest BCUT2D eigenvalue weighted by Crippen LogP contribution is 2.27. The van der Waals surface area contributed by atoms with Crippen LogP contribution in [0.25, 0.3) is 0 Å². The van der Waals surface area contributed by atoms with E-state index in [-0.39, 0.29) is 0 Å². The number of aryl methyl sites for hydroxylation is 1. The van der Waals surface area contributed by atoms with Crippen molar-refractivity contribution in [1.82, 2.24) is 0 Å². The maximum absolute atomic E-state index is 10.5. The van der Waals surface area contributed by atoms with Crippen molar-refractivity contribution in [3.8, 4) is 0 Å². The Morgan fingerprint density at radius 1 is 0.900 bits per heavy atom. The molecule has 0 radical (unpaired) electrons. The molecule has 2 aromatic carbocycles. The summed E-state index contributed by atoms with van der Waals surface area (Å²) < 4.78 is 0. The van der Waals surface area contributed by atoms with Crippen molar-refractivity contribution in [1.29, 1.82) is 0 Å².